The van der Waals surface area contributed by atoms with Crippen molar-refractivity contribution in [2.75, 3.05) is 37.9 Å². The Kier molecular flexibility index (Phi) is 7.36. The van der Waals surface area contributed by atoms with Gasteiger partial charge < -0.3 is 24.8 Å². The number of nitrogens with one attached hydrogen (secondary N) is 2. The highest BCUT2D eigenvalue weighted by atomic mass is 16.5. The molecule has 2 aromatic heterocycles. The van der Waals surface area contributed by atoms with Crippen molar-refractivity contribution in [1.82, 2.24) is 19.4 Å². The van der Waals surface area contributed by atoms with E-state index in [1.165, 1.54) is 6.08 Å². The second-order valence-corrected chi connectivity index (χ2v) is 8.94. The lowest BCUT2D eigenvalue weighted by Crippen LogP contribution is -2.20. The minimum absolute atomic E-state index is 0.313. The van der Waals surface area contributed by atoms with Crippen molar-refractivity contribution in [3.05, 3.63) is 72.6 Å². The fraction of sp³-hybridized carbons (Fsp3) is 0.250. The van der Waals surface area contributed by atoms with Crippen molar-refractivity contribution < 1.29 is 9.53 Å². The zero-order valence-corrected chi connectivity index (χ0v) is 21.4. The van der Waals surface area contributed by atoms with Crippen LogP contribution < -0.4 is 15.4 Å². The molecule has 2 N–H and O–H groups in total. The summed E-state index contributed by atoms with van der Waals surface area (Å²) in [7, 11) is 6.03. The molecule has 0 aliphatic carbocycles. The van der Waals surface area contributed by atoms with Gasteiger partial charge in [0, 0.05) is 47.6 Å². The van der Waals surface area contributed by atoms with Gasteiger partial charge >= 0.3 is 0 Å². The van der Waals surface area contributed by atoms with Crippen LogP contribution >= 0.6 is 0 Å². The Labute approximate surface area is 211 Å². The highest BCUT2D eigenvalue weighted by Gasteiger charge is 2.16. The second kappa shape index (κ2) is 10.6. The van der Waals surface area contributed by atoms with E-state index in [1.807, 2.05) is 56.3 Å². The number of nitrogens with zero attached hydrogens (tertiary/aromatic N) is 4. The number of hydrogen-bond acceptors (Lipinski definition) is 6. The number of likely N-dealkylation sites (N-methyl/N-ethyl adjacent to an activating group) is 1. The van der Waals surface area contributed by atoms with Crippen LogP contribution in [-0.4, -0.2) is 52.6 Å². The number of hydrogen-bond donors (Lipinski definition) is 2. The number of anilines is 3. The number of benzene rings is 2. The smallest absolute Gasteiger partial charge is 0.247 e. The summed E-state index contributed by atoms with van der Waals surface area (Å²) in [5.41, 5.74) is 6.45. The SMILES string of the molecule is C=CC(=O)Nc1cc(Nc2nccc(-c3c(C)n(C)c4ccccc34)n2)c(C)cc1OCCN(C)C. The largest absolute Gasteiger partial charge is 0.490 e. The normalized spacial score (nSPS) is 11.1. The second-order valence-electron chi connectivity index (χ2n) is 8.94. The molecule has 0 saturated carbocycles. The monoisotopic (exact) mass is 484 g/mol. The molecule has 0 aliphatic heterocycles. The zero-order valence-electron chi connectivity index (χ0n) is 21.4. The first-order valence-electron chi connectivity index (χ1n) is 11.8. The van der Waals surface area contributed by atoms with Gasteiger partial charge in [-0.3, -0.25) is 4.79 Å². The molecule has 0 fully saturated rings. The Balaban J connectivity index is 1.67. The number of carbonyl (C=O) groups is 1. The quantitative estimate of drug-likeness (QED) is 0.323. The first-order valence-corrected chi connectivity index (χ1v) is 11.8. The lowest BCUT2D eigenvalue weighted by atomic mass is 10.1. The van der Waals surface area contributed by atoms with Gasteiger partial charge in [-0.2, -0.15) is 0 Å². The predicted octanol–water partition coefficient (Wildman–Crippen LogP) is 5.06. The fourth-order valence-corrected chi connectivity index (χ4v) is 4.08. The molecule has 2 aromatic carbocycles. The van der Waals surface area contributed by atoms with Gasteiger partial charge in [-0.15, -0.1) is 0 Å². The summed E-state index contributed by atoms with van der Waals surface area (Å²) >= 11 is 0. The molecule has 0 radical (unpaired) electrons. The molecule has 8 nitrogen and oxygen atoms in total. The van der Waals surface area contributed by atoms with Crippen LogP contribution in [0.4, 0.5) is 17.3 Å². The summed E-state index contributed by atoms with van der Waals surface area (Å²) in [4.78, 5) is 23.4. The summed E-state index contributed by atoms with van der Waals surface area (Å²) < 4.78 is 8.13. The van der Waals surface area contributed by atoms with Crippen molar-refractivity contribution in [2.45, 2.75) is 13.8 Å². The van der Waals surface area contributed by atoms with Crippen LogP contribution in [0.5, 0.6) is 5.75 Å². The minimum Gasteiger partial charge on any atom is -0.490 e. The maximum absolute atomic E-state index is 12.1. The third-order valence-electron chi connectivity index (χ3n) is 6.12. The maximum atomic E-state index is 12.1. The van der Waals surface area contributed by atoms with Crippen LogP contribution in [0.2, 0.25) is 0 Å². The van der Waals surface area contributed by atoms with E-state index in [4.69, 9.17) is 9.72 Å². The Bertz CT molecular complexity index is 1420. The van der Waals surface area contributed by atoms with E-state index in [0.717, 1.165) is 45.6 Å². The topological polar surface area (TPSA) is 84.3 Å². The van der Waals surface area contributed by atoms with E-state index in [0.29, 0.717) is 24.0 Å². The van der Waals surface area contributed by atoms with Gasteiger partial charge in [-0.25, -0.2) is 9.97 Å². The van der Waals surface area contributed by atoms with Crippen molar-refractivity contribution in [3.8, 4) is 17.0 Å². The number of aryl methyl sites for hydroxylation is 2. The Hall–Kier alpha value is -4.17. The van der Waals surface area contributed by atoms with Gasteiger partial charge in [0.05, 0.1) is 11.4 Å². The number of fused-ring (bicyclic) bond motifs is 1. The Morgan fingerprint density at radius 1 is 1.17 bits per heavy atom. The molecule has 1 amide bonds. The molecule has 4 aromatic rings. The van der Waals surface area contributed by atoms with Crippen LogP contribution in [0.1, 0.15) is 11.3 Å². The van der Waals surface area contributed by atoms with Crippen molar-refractivity contribution in [1.29, 1.82) is 0 Å². The molecule has 8 heteroatoms. The minimum atomic E-state index is -0.313. The van der Waals surface area contributed by atoms with E-state index < -0.39 is 0 Å². The summed E-state index contributed by atoms with van der Waals surface area (Å²) in [6, 6.07) is 14.0. The van der Waals surface area contributed by atoms with Gasteiger partial charge in [0.25, 0.3) is 0 Å². The summed E-state index contributed by atoms with van der Waals surface area (Å²) in [5, 5.41) is 7.31. The molecule has 2 heterocycles. The summed E-state index contributed by atoms with van der Waals surface area (Å²) in [6.07, 6.45) is 2.98. The molecule has 186 valence electrons. The van der Waals surface area contributed by atoms with Gasteiger partial charge in [0.2, 0.25) is 11.9 Å². The lowest BCUT2D eigenvalue weighted by Gasteiger charge is -2.17. The number of rotatable bonds is 9. The van der Waals surface area contributed by atoms with Crippen LogP contribution in [0, 0.1) is 13.8 Å². The van der Waals surface area contributed by atoms with Gasteiger partial charge in [-0.1, -0.05) is 24.8 Å². The number of ether oxygens (including phenoxy) is 1. The third-order valence-corrected chi connectivity index (χ3v) is 6.12. The van der Waals surface area contributed by atoms with Crippen molar-refractivity contribution in [3.63, 3.8) is 0 Å². The average Bonchev–Trinajstić information content (AvgIpc) is 3.11. The highest BCUT2D eigenvalue weighted by Crippen LogP contribution is 2.35. The molecule has 36 heavy (non-hydrogen) atoms. The highest BCUT2D eigenvalue weighted by molar-refractivity contribution is 6.00. The molecule has 0 spiro atoms. The van der Waals surface area contributed by atoms with Crippen LogP contribution in [0.15, 0.2) is 61.3 Å². The number of aromatic nitrogens is 3. The molecule has 0 atom stereocenters. The van der Waals surface area contributed by atoms with Gasteiger partial charge in [-0.05, 0) is 63.8 Å². The molecule has 0 saturated heterocycles. The zero-order chi connectivity index (χ0) is 25.8. The predicted molar refractivity (Wildman–Crippen MR) is 146 cm³/mol. The third kappa shape index (κ3) is 5.23. The number of carbonyl (C=O) groups excluding carboxylic acids is 1. The average molecular weight is 485 g/mol. The van der Waals surface area contributed by atoms with Gasteiger partial charge in [0.15, 0.2) is 0 Å². The number of para-hydroxylation sites is 1. The van der Waals surface area contributed by atoms with Gasteiger partial charge in [0.1, 0.15) is 12.4 Å². The Morgan fingerprint density at radius 3 is 2.69 bits per heavy atom. The first-order chi connectivity index (χ1) is 17.3. The standard InChI is InChI=1S/C28H32N6O2/c1-7-26(35)30-23-17-22(18(2)16-25(23)36-15-14-33(4)5)32-28-29-13-12-21(31-28)27-19(3)34(6)24-11-9-8-10-20(24)27/h7-13,16-17H,1,14-15H2,2-6H3,(H,30,35)(H,29,31,32). The van der Waals surface area contributed by atoms with Crippen LogP contribution in [0.25, 0.3) is 22.2 Å². The van der Waals surface area contributed by atoms with Crippen LogP contribution in [-0.2, 0) is 11.8 Å². The maximum Gasteiger partial charge on any atom is 0.247 e. The lowest BCUT2D eigenvalue weighted by molar-refractivity contribution is -0.111. The Morgan fingerprint density at radius 2 is 1.94 bits per heavy atom. The van der Waals surface area contributed by atoms with Crippen LogP contribution in [0.3, 0.4) is 0 Å². The number of amides is 1. The van der Waals surface area contributed by atoms with Crippen molar-refractivity contribution >= 4 is 34.1 Å². The van der Waals surface area contributed by atoms with E-state index >= 15 is 0 Å². The molecule has 0 aliphatic rings. The first kappa shape index (κ1) is 24.9. The van der Waals surface area contributed by atoms with E-state index in [1.54, 1.807) is 6.20 Å². The molecular weight excluding hydrogens is 452 g/mol. The molecule has 0 unspecified atom stereocenters. The van der Waals surface area contributed by atoms with Crippen molar-refractivity contribution in [2.24, 2.45) is 7.05 Å². The van der Waals surface area contributed by atoms with E-state index in [-0.39, 0.29) is 5.91 Å². The fourth-order valence-electron chi connectivity index (χ4n) is 4.08. The summed E-state index contributed by atoms with van der Waals surface area (Å²) in [6.45, 7) is 8.86. The van der Waals surface area contributed by atoms with E-state index in [2.05, 4.69) is 52.9 Å². The summed E-state index contributed by atoms with van der Waals surface area (Å²) in [5.74, 6) is 0.744. The molecular formula is C28H32N6O2. The molecule has 4 rings (SSSR count). The van der Waals surface area contributed by atoms with E-state index in [9.17, 15) is 4.79 Å². The molecule has 0 bridgehead atoms.